The van der Waals surface area contributed by atoms with Gasteiger partial charge < -0.3 is 10.0 Å². The van der Waals surface area contributed by atoms with E-state index < -0.39 is 5.97 Å². The van der Waals surface area contributed by atoms with Crippen molar-refractivity contribution in [3.63, 3.8) is 0 Å². The summed E-state index contributed by atoms with van der Waals surface area (Å²) >= 11 is 0. The van der Waals surface area contributed by atoms with Crippen LogP contribution in [0.3, 0.4) is 0 Å². The fourth-order valence-electron chi connectivity index (χ4n) is 1.55. The Bertz CT molecular complexity index is 157. The van der Waals surface area contributed by atoms with Crippen LogP contribution in [0.25, 0.3) is 0 Å². The molecule has 98 valence electrons. The molecule has 4 heteroatoms. The number of carbonyl (C=O) groups is 1. The average molecular weight is 252 g/mol. The molecule has 0 aromatic rings. The molecule has 0 saturated heterocycles. The van der Waals surface area contributed by atoms with Crippen molar-refractivity contribution >= 4 is 18.4 Å². The average Bonchev–Trinajstić information content (AvgIpc) is 2.20. The van der Waals surface area contributed by atoms with E-state index in [1.807, 2.05) is 0 Å². The van der Waals surface area contributed by atoms with Gasteiger partial charge in [-0.05, 0) is 38.9 Å². The number of hydrogen-bond acceptors (Lipinski definition) is 2. The van der Waals surface area contributed by atoms with Crippen molar-refractivity contribution in [2.24, 2.45) is 0 Å². The highest BCUT2D eigenvalue weighted by atomic mass is 35.5. The molecular formula is C12H26ClNO2. The highest BCUT2D eigenvalue weighted by Crippen LogP contribution is 2.01. The van der Waals surface area contributed by atoms with Crippen molar-refractivity contribution in [2.75, 3.05) is 19.6 Å². The van der Waals surface area contributed by atoms with Crippen molar-refractivity contribution in [2.45, 2.75) is 52.4 Å². The molecule has 0 aliphatic carbocycles. The number of halogens is 1. The number of hydrogen-bond donors (Lipinski definition) is 1. The van der Waals surface area contributed by atoms with Crippen molar-refractivity contribution in [3.05, 3.63) is 0 Å². The monoisotopic (exact) mass is 251 g/mol. The Kier molecular flexibility index (Phi) is 14.5. The standard InChI is InChI=1S/C12H25NO2.ClH/c1-3-5-9-13(10-6-4-2)11-7-8-12(14)15;/h3-11H2,1-2H3,(H,14,15);1H. The first-order valence-corrected chi connectivity index (χ1v) is 6.14. The highest BCUT2D eigenvalue weighted by Gasteiger charge is 2.04. The molecule has 0 unspecified atom stereocenters. The molecule has 0 spiro atoms. The Morgan fingerprint density at radius 1 is 1.00 bits per heavy atom. The van der Waals surface area contributed by atoms with Crippen LogP contribution in [0.4, 0.5) is 0 Å². The molecule has 0 amide bonds. The second kappa shape index (κ2) is 12.8. The van der Waals surface area contributed by atoms with E-state index in [4.69, 9.17) is 5.11 Å². The highest BCUT2D eigenvalue weighted by molar-refractivity contribution is 5.85. The van der Waals surface area contributed by atoms with Gasteiger partial charge in [0, 0.05) is 6.42 Å². The first-order chi connectivity index (χ1) is 7.20. The molecule has 0 fully saturated rings. The second-order valence-electron chi connectivity index (χ2n) is 4.05. The second-order valence-corrected chi connectivity index (χ2v) is 4.05. The quantitative estimate of drug-likeness (QED) is 0.648. The third-order valence-electron chi connectivity index (χ3n) is 2.52. The molecule has 16 heavy (non-hydrogen) atoms. The fourth-order valence-corrected chi connectivity index (χ4v) is 1.55. The summed E-state index contributed by atoms with van der Waals surface area (Å²) < 4.78 is 0. The molecule has 0 rings (SSSR count). The van der Waals surface area contributed by atoms with Crippen LogP contribution in [-0.2, 0) is 4.79 Å². The molecule has 0 aliphatic heterocycles. The van der Waals surface area contributed by atoms with Gasteiger partial charge in [0.15, 0.2) is 0 Å². The van der Waals surface area contributed by atoms with Crippen LogP contribution in [0.5, 0.6) is 0 Å². The molecule has 0 radical (unpaired) electrons. The van der Waals surface area contributed by atoms with E-state index in [0.717, 1.165) is 26.1 Å². The van der Waals surface area contributed by atoms with Crippen LogP contribution < -0.4 is 0 Å². The summed E-state index contributed by atoms with van der Waals surface area (Å²) in [5.41, 5.74) is 0. The summed E-state index contributed by atoms with van der Waals surface area (Å²) in [4.78, 5) is 12.8. The van der Waals surface area contributed by atoms with Gasteiger partial charge in [-0.2, -0.15) is 0 Å². The fraction of sp³-hybridized carbons (Fsp3) is 0.917. The lowest BCUT2D eigenvalue weighted by Gasteiger charge is -2.21. The summed E-state index contributed by atoms with van der Waals surface area (Å²) in [6.45, 7) is 7.56. The zero-order chi connectivity index (χ0) is 11.5. The van der Waals surface area contributed by atoms with Gasteiger partial charge in [0.2, 0.25) is 0 Å². The topological polar surface area (TPSA) is 40.5 Å². The summed E-state index contributed by atoms with van der Waals surface area (Å²) in [7, 11) is 0. The minimum Gasteiger partial charge on any atom is -0.481 e. The van der Waals surface area contributed by atoms with Crippen LogP contribution in [0.15, 0.2) is 0 Å². The first kappa shape index (κ1) is 18.1. The summed E-state index contributed by atoms with van der Waals surface area (Å²) in [6.07, 6.45) is 5.94. The van der Waals surface area contributed by atoms with Crippen LogP contribution >= 0.6 is 12.4 Å². The Morgan fingerprint density at radius 3 is 1.81 bits per heavy atom. The van der Waals surface area contributed by atoms with Gasteiger partial charge >= 0.3 is 5.97 Å². The lowest BCUT2D eigenvalue weighted by Crippen LogP contribution is -2.27. The van der Waals surface area contributed by atoms with Crippen LogP contribution in [0.2, 0.25) is 0 Å². The third-order valence-corrected chi connectivity index (χ3v) is 2.52. The molecule has 0 aromatic carbocycles. The van der Waals surface area contributed by atoms with Gasteiger partial charge in [0.1, 0.15) is 0 Å². The van der Waals surface area contributed by atoms with Gasteiger partial charge in [0.25, 0.3) is 0 Å². The summed E-state index contributed by atoms with van der Waals surface area (Å²) in [5.74, 6) is -0.680. The number of carboxylic acid groups (broad SMARTS) is 1. The first-order valence-electron chi connectivity index (χ1n) is 6.14. The SMILES string of the molecule is CCCCN(CCCC)CCCC(=O)O.Cl. The van der Waals surface area contributed by atoms with E-state index >= 15 is 0 Å². The van der Waals surface area contributed by atoms with Crippen molar-refractivity contribution in [3.8, 4) is 0 Å². The molecule has 0 bridgehead atoms. The number of nitrogens with zero attached hydrogens (tertiary/aromatic N) is 1. The molecule has 0 heterocycles. The Balaban J connectivity index is 0. The number of unbranched alkanes of at least 4 members (excludes halogenated alkanes) is 2. The van der Waals surface area contributed by atoms with Crippen molar-refractivity contribution in [1.82, 2.24) is 4.90 Å². The van der Waals surface area contributed by atoms with Crippen molar-refractivity contribution in [1.29, 1.82) is 0 Å². The van der Waals surface area contributed by atoms with E-state index in [1.54, 1.807) is 0 Å². The Morgan fingerprint density at radius 2 is 1.44 bits per heavy atom. The lowest BCUT2D eigenvalue weighted by atomic mass is 10.2. The molecule has 3 nitrogen and oxygen atoms in total. The normalized spacial score (nSPS) is 10.2. The Hall–Kier alpha value is -0.280. The molecular weight excluding hydrogens is 226 g/mol. The number of aliphatic carboxylic acids is 1. The van der Waals surface area contributed by atoms with Gasteiger partial charge in [-0.1, -0.05) is 26.7 Å². The van der Waals surface area contributed by atoms with Gasteiger partial charge in [-0.15, -0.1) is 12.4 Å². The van der Waals surface area contributed by atoms with E-state index in [9.17, 15) is 4.79 Å². The number of rotatable bonds is 10. The van der Waals surface area contributed by atoms with Crippen LogP contribution in [0.1, 0.15) is 52.4 Å². The van der Waals surface area contributed by atoms with E-state index in [-0.39, 0.29) is 12.4 Å². The summed E-state index contributed by atoms with van der Waals surface area (Å²) in [5, 5.41) is 8.56. The predicted molar refractivity (Wildman–Crippen MR) is 70.4 cm³/mol. The van der Waals surface area contributed by atoms with Crippen LogP contribution in [0, 0.1) is 0 Å². The van der Waals surface area contributed by atoms with Crippen LogP contribution in [-0.4, -0.2) is 35.6 Å². The molecule has 0 atom stereocenters. The summed E-state index contributed by atoms with van der Waals surface area (Å²) in [6, 6.07) is 0. The zero-order valence-electron chi connectivity index (χ0n) is 10.6. The predicted octanol–water partition coefficient (Wildman–Crippen LogP) is 3.18. The third kappa shape index (κ3) is 11.8. The molecule has 1 N–H and O–H groups in total. The molecule has 0 aromatic heterocycles. The zero-order valence-corrected chi connectivity index (χ0v) is 11.4. The molecule has 0 aliphatic rings. The lowest BCUT2D eigenvalue weighted by molar-refractivity contribution is -0.137. The van der Waals surface area contributed by atoms with Crippen molar-refractivity contribution < 1.29 is 9.90 Å². The van der Waals surface area contributed by atoms with E-state index in [2.05, 4.69) is 18.7 Å². The Labute approximate surface area is 106 Å². The maximum absolute atomic E-state index is 10.4. The minimum absolute atomic E-state index is 0. The van der Waals surface area contributed by atoms with Gasteiger partial charge in [-0.25, -0.2) is 0 Å². The van der Waals surface area contributed by atoms with E-state index in [0.29, 0.717) is 6.42 Å². The van der Waals surface area contributed by atoms with E-state index in [1.165, 1.54) is 25.7 Å². The maximum atomic E-state index is 10.4. The largest absolute Gasteiger partial charge is 0.481 e. The van der Waals surface area contributed by atoms with Gasteiger partial charge in [0.05, 0.1) is 0 Å². The molecule has 0 saturated carbocycles. The number of carboxylic acids is 1. The van der Waals surface area contributed by atoms with Gasteiger partial charge in [-0.3, -0.25) is 4.79 Å². The maximum Gasteiger partial charge on any atom is 0.303 e. The smallest absolute Gasteiger partial charge is 0.303 e. The minimum atomic E-state index is -0.680.